The molecule has 1 N–H and O–H groups in total. The molecule has 0 unspecified atom stereocenters. The molecule has 0 aromatic heterocycles. The monoisotopic (exact) mass is 426 g/mol. The first-order chi connectivity index (χ1) is 14.6. The first-order valence-electron chi connectivity index (χ1n) is 9.40. The van der Waals surface area contributed by atoms with Gasteiger partial charge in [0.05, 0.1) is 26.7 Å². The van der Waals surface area contributed by atoms with Gasteiger partial charge in [-0.1, -0.05) is 36.9 Å². The van der Waals surface area contributed by atoms with E-state index in [2.05, 4.69) is 5.32 Å². The third-order valence-corrected chi connectivity index (χ3v) is 5.53. The van der Waals surface area contributed by atoms with Gasteiger partial charge in [-0.2, -0.15) is 0 Å². The molecule has 0 bridgehead atoms. The second-order valence-electron chi connectivity index (χ2n) is 6.46. The number of benzene rings is 2. The Labute approximate surface area is 178 Å². The number of thioether (sulfide) groups is 1. The number of nitrogens with zero attached hydrogens (tertiary/aromatic N) is 3. The molecule has 0 spiro atoms. The van der Waals surface area contributed by atoms with Gasteiger partial charge in [0, 0.05) is 10.8 Å². The van der Waals surface area contributed by atoms with Crippen molar-refractivity contribution >= 4 is 28.5 Å². The summed E-state index contributed by atoms with van der Waals surface area (Å²) < 4.78 is 16.4. The molecule has 2 aromatic rings. The molecule has 0 fully saturated rings. The number of amides is 1. The van der Waals surface area contributed by atoms with Crippen LogP contribution in [0.3, 0.4) is 0 Å². The van der Waals surface area contributed by atoms with Crippen LogP contribution < -0.4 is 30.1 Å². The van der Waals surface area contributed by atoms with Crippen LogP contribution in [0.25, 0.3) is 5.70 Å². The molecular formula is C21H22N4O4S. The van der Waals surface area contributed by atoms with E-state index < -0.39 is 6.17 Å². The van der Waals surface area contributed by atoms with Crippen LogP contribution in [0.2, 0.25) is 0 Å². The zero-order valence-corrected chi connectivity index (χ0v) is 17.9. The summed E-state index contributed by atoms with van der Waals surface area (Å²) in [5, 5.41) is 11.2. The van der Waals surface area contributed by atoms with Gasteiger partial charge in [0.25, 0.3) is 5.91 Å². The molecule has 30 heavy (non-hydrogen) atoms. The van der Waals surface area contributed by atoms with Gasteiger partial charge >= 0.3 is 0 Å². The SMILES string of the molecule is CCSC1=NN2C(=c3ccccc3=N[C@H]2c2cc(OC)c(OC)c(OC)c2)C(=O)N1. The molecule has 2 aromatic carbocycles. The van der Waals surface area contributed by atoms with Crippen molar-refractivity contribution in [1.29, 1.82) is 0 Å². The van der Waals surface area contributed by atoms with Gasteiger partial charge in [0.2, 0.25) is 5.75 Å². The van der Waals surface area contributed by atoms with Gasteiger partial charge in [-0.15, -0.1) is 5.10 Å². The fourth-order valence-corrected chi connectivity index (χ4v) is 4.08. The second-order valence-corrected chi connectivity index (χ2v) is 7.72. The van der Waals surface area contributed by atoms with Crippen molar-refractivity contribution in [2.45, 2.75) is 13.1 Å². The minimum atomic E-state index is -0.567. The Hall–Kier alpha value is -3.20. The molecule has 0 aliphatic carbocycles. The van der Waals surface area contributed by atoms with E-state index in [4.69, 9.17) is 24.3 Å². The van der Waals surface area contributed by atoms with Gasteiger partial charge in [-0.05, 0) is 24.0 Å². The van der Waals surface area contributed by atoms with E-state index in [1.807, 2.05) is 43.3 Å². The molecule has 4 rings (SSSR count). The number of carbonyl (C=O) groups is 1. The number of rotatable bonds is 5. The zero-order valence-electron chi connectivity index (χ0n) is 17.1. The van der Waals surface area contributed by atoms with Crippen LogP contribution in [-0.4, -0.2) is 43.2 Å². The van der Waals surface area contributed by atoms with Crippen molar-refractivity contribution in [3.8, 4) is 17.2 Å². The lowest BCUT2D eigenvalue weighted by Gasteiger charge is -2.34. The number of nitrogens with one attached hydrogen (secondary N) is 1. The maximum Gasteiger partial charge on any atom is 0.276 e. The standard InChI is InChI=1S/C21H22N4O4S/c1-5-30-21-23-20(26)17-13-8-6-7-9-14(13)22-19(25(17)24-21)12-10-15(27-2)18(29-4)16(11-12)28-3/h6-11,19H,5H2,1-4H3,(H,23,24,26)/t19-/m1/s1. The van der Waals surface area contributed by atoms with E-state index in [1.54, 1.807) is 26.3 Å². The number of hydrogen-bond donors (Lipinski definition) is 1. The Morgan fingerprint density at radius 2 is 1.80 bits per heavy atom. The topological polar surface area (TPSA) is 84.8 Å². The van der Waals surface area contributed by atoms with Crippen LogP contribution in [0, 0.1) is 0 Å². The fraction of sp³-hybridized carbons (Fsp3) is 0.286. The predicted octanol–water partition coefficient (Wildman–Crippen LogP) is 1.61. The van der Waals surface area contributed by atoms with E-state index in [0.29, 0.717) is 28.1 Å². The van der Waals surface area contributed by atoms with Crippen molar-refractivity contribution in [1.82, 2.24) is 10.3 Å². The molecule has 9 heteroatoms. The maximum atomic E-state index is 13.0. The summed E-state index contributed by atoms with van der Waals surface area (Å²) in [6.07, 6.45) is -0.567. The molecule has 8 nitrogen and oxygen atoms in total. The number of amidine groups is 1. The molecule has 0 saturated carbocycles. The highest BCUT2D eigenvalue weighted by molar-refractivity contribution is 8.13. The third kappa shape index (κ3) is 3.35. The summed E-state index contributed by atoms with van der Waals surface area (Å²) >= 11 is 1.46. The van der Waals surface area contributed by atoms with E-state index in [1.165, 1.54) is 11.8 Å². The third-order valence-electron chi connectivity index (χ3n) is 4.78. The normalized spacial score (nSPS) is 17.3. The first kappa shape index (κ1) is 20.1. The number of ether oxygens (including phenoxy) is 3. The second kappa shape index (κ2) is 8.27. The Balaban J connectivity index is 1.95. The van der Waals surface area contributed by atoms with Crippen molar-refractivity contribution in [2.75, 3.05) is 27.1 Å². The first-order valence-corrected chi connectivity index (χ1v) is 10.4. The maximum absolute atomic E-state index is 13.0. The summed E-state index contributed by atoms with van der Waals surface area (Å²) in [4.78, 5) is 17.9. The quantitative estimate of drug-likeness (QED) is 0.782. The average Bonchev–Trinajstić information content (AvgIpc) is 2.77. The summed E-state index contributed by atoms with van der Waals surface area (Å²) in [6.45, 7) is 2.01. The van der Waals surface area contributed by atoms with Crippen LogP contribution in [-0.2, 0) is 4.79 Å². The smallest absolute Gasteiger partial charge is 0.276 e. The Morgan fingerprint density at radius 1 is 1.10 bits per heavy atom. The van der Waals surface area contributed by atoms with Crippen molar-refractivity contribution in [3.05, 3.63) is 52.5 Å². The van der Waals surface area contributed by atoms with Gasteiger partial charge in [0.15, 0.2) is 22.8 Å². The minimum absolute atomic E-state index is 0.208. The molecule has 2 aliphatic rings. The number of hydrogen-bond acceptors (Lipinski definition) is 8. The highest BCUT2D eigenvalue weighted by atomic mass is 32.2. The van der Waals surface area contributed by atoms with Gasteiger partial charge in [-0.25, -0.2) is 5.01 Å². The molecule has 2 heterocycles. The lowest BCUT2D eigenvalue weighted by Crippen LogP contribution is -2.50. The Bertz CT molecular complexity index is 1120. The van der Waals surface area contributed by atoms with E-state index >= 15 is 0 Å². The summed E-state index contributed by atoms with van der Waals surface area (Å²) in [6, 6.07) is 11.2. The highest BCUT2D eigenvalue weighted by Gasteiger charge is 2.35. The summed E-state index contributed by atoms with van der Waals surface area (Å²) in [5.74, 6) is 2.09. The number of methoxy groups -OCH3 is 3. The predicted molar refractivity (Wildman–Crippen MR) is 115 cm³/mol. The molecule has 0 saturated heterocycles. The van der Waals surface area contributed by atoms with Crippen LogP contribution in [0.1, 0.15) is 18.7 Å². The largest absolute Gasteiger partial charge is 0.493 e. The van der Waals surface area contributed by atoms with Crippen LogP contribution >= 0.6 is 11.8 Å². The van der Waals surface area contributed by atoms with Gasteiger partial charge in [0.1, 0.15) is 5.70 Å². The van der Waals surface area contributed by atoms with Crippen molar-refractivity contribution < 1.29 is 19.0 Å². The fourth-order valence-electron chi connectivity index (χ4n) is 3.50. The molecule has 1 amide bonds. The minimum Gasteiger partial charge on any atom is -0.493 e. The van der Waals surface area contributed by atoms with Crippen molar-refractivity contribution in [2.24, 2.45) is 10.1 Å². The van der Waals surface area contributed by atoms with Crippen LogP contribution in [0.5, 0.6) is 17.2 Å². The molecule has 0 radical (unpaired) electrons. The van der Waals surface area contributed by atoms with Gasteiger partial charge in [-0.3, -0.25) is 15.1 Å². The number of para-hydroxylation sites is 1. The molecule has 156 valence electrons. The zero-order chi connectivity index (χ0) is 21.3. The lowest BCUT2D eigenvalue weighted by atomic mass is 10.1. The van der Waals surface area contributed by atoms with Crippen LogP contribution in [0.15, 0.2) is 46.5 Å². The molecule has 2 aliphatic heterocycles. The van der Waals surface area contributed by atoms with Crippen LogP contribution in [0.4, 0.5) is 0 Å². The lowest BCUT2D eigenvalue weighted by molar-refractivity contribution is -0.116. The van der Waals surface area contributed by atoms with E-state index in [0.717, 1.165) is 21.9 Å². The molecule has 1 atom stereocenters. The number of hydrazone groups is 1. The highest BCUT2D eigenvalue weighted by Crippen LogP contribution is 2.42. The van der Waals surface area contributed by atoms with E-state index in [-0.39, 0.29) is 5.91 Å². The summed E-state index contributed by atoms with van der Waals surface area (Å²) in [7, 11) is 4.68. The number of carbonyl (C=O) groups excluding carboxylic acids is 1. The number of fused-ring (bicyclic) bond motifs is 2. The Kier molecular flexibility index (Phi) is 5.54. The molecular weight excluding hydrogens is 404 g/mol. The van der Waals surface area contributed by atoms with Crippen molar-refractivity contribution in [3.63, 3.8) is 0 Å². The van der Waals surface area contributed by atoms with Gasteiger partial charge < -0.3 is 14.2 Å². The van der Waals surface area contributed by atoms with E-state index in [9.17, 15) is 4.79 Å². The average molecular weight is 426 g/mol. The summed E-state index contributed by atoms with van der Waals surface area (Å²) in [5.41, 5.74) is 1.22. The Morgan fingerprint density at radius 3 is 2.43 bits per heavy atom.